The number of hydrogen-bond acceptors (Lipinski definition) is 2. The van der Waals surface area contributed by atoms with Gasteiger partial charge in [0, 0.05) is 37.1 Å². The topological polar surface area (TPSA) is 34.5 Å². The van der Waals surface area contributed by atoms with Crippen LogP contribution < -0.4 is 0 Å². The molecule has 146 valence electrons. The largest absolute Gasteiger partial charge is 0.383 e. The van der Waals surface area contributed by atoms with Crippen molar-refractivity contribution < 1.29 is 13.9 Å². The number of carbonyl (C=O) groups is 1. The van der Waals surface area contributed by atoms with Crippen LogP contribution in [0.3, 0.4) is 0 Å². The molecule has 0 aliphatic carbocycles. The lowest BCUT2D eigenvalue weighted by Gasteiger charge is -2.24. The molecule has 6 heteroatoms. The molecule has 3 rings (SSSR count). The first kappa shape index (κ1) is 20.1. The highest BCUT2D eigenvalue weighted by Crippen LogP contribution is 2.17. The molecule has 0 spiro atoms. The second kappa shape index (κ2) is 9.53. The molecule has 0 radical (unpaired) electrons. The van der Waals surface area contributed by atoms with E-state index in [0.29, 0.717) is 31.3 Å². The summed E-state index contributed by atoms with van der Waals surface area (Å²) in [5.74, 6) is -0.880. The minimum atomic E-state index is -0.524. The molecule has 1 amide bonds. The van der Waals surface area contributed by atoms with Crippen LogP contribution >= 0.6 is 11.6 Å². The predicted molar refractivity (Wildman–Crippen MR) is 108 cm³/mol. The number of aromatic nitrogens is 1. The van der Waals surface area contributed by atoms with E-state index in [1.165, 1.54) is 12.1 Å². The van der Waals surface area contributed by atoms with Crippen molar-refractivity contribution in [3.63, 3.8) is 0 Å². The van der Waals surface area contributed by atoms with Crippen LogP contribution in [0.5, 0.6) is 0 Å². The minimum absolute atomic E-state index is 0.0616. The lowest BCUT2D eigenvalue weighted by molar-refractivity contribution is 0.0671. The van der Waals surface area contributed by atoms with Crippen molar-refractivity contribution in [3.8, 4) is 0 Å². The van der Waals surface area contributed by atoms with Gasteiger partial charge in [-0.05, 0) is 42.0 Å². The zero-order valence-corrected chi connectivity index (χ0v) is 16.4. The SMILES string of the molecule is COCCN(Cc1cccn1Cc1cccc(Cl)c1)C(=O)c1ccccc1F. The van der Waals surface area contributed by atoms with Crippen LogP contribution in [0.2, 0.25) is 5.02 Å². The summed E-state index contributed by atoms with van der Waals surface area (Å²) in [6.45, 7) is 1.72. The van der Waals surface area contributed by atoms with Crippen molar-refractivity contribution in [3.05, 3.63) is 94.5 Å². The Labute approximate surface area is 169 Å². The smallest absolute Gasteiger partial charge is 0.257 e. The van der Waals surface area contributed by atoms with Gasteiger partial charge in [0.2, 0.25) is 0 Å². The summed E-state index contributed by atoms with van der Waals surface area (Å²) in [5.41, 5.74) is 2.07. The fourth-order valence-corrected chi connectivity index (χ4v) is 3.25. The summed E-state index contributed by atoms with van der Waals surface area (Å²) in [6.07, 6.45) is 1.96. The maximum Gasteiger partial charge on any atom is 0.257 e. The maximum atomic E-state index is 14.1. The predicted octanol–water partition coefficient (Wildman–Crippen LogP) is 4.62. The zero-order chi connectivity index (χ0) is 19.9. The number of methoxy groups -OCH3 is 1. The highest BCUT2D eigenvalue weighted by atomic mass is 35.5. The molecule has 0 N–H and O–H groups in total. The molecule has 28 heavy (non-hydrogen) atoms. The monoisotopic (exact) mass is 400 g/mol. The van der Waals surface area contributed by atoms with Gasteiger partial charge in [-0.1, -0.05) is 35.9 Å². The minimum Gasteiger partial charge on any atom is -0.383 e. The van der Waals surface area contributed by atoms with Crippen molar-refractivity contribution in [2.75, 3.05) is 20.3 Å². The number of ether oxygens (including phenoxy) is 1. The van der Waals surface area contributed by atoms with Gasteiger partial charge in [0.25, 0.3) is 5.91 Å². The number of rotatable bonds is 8. The molecule has 4 nitrogen and oxygen atoms in total. The molecule has 0 saturated carbocycles. The Kier molecular flexibility index (Phi) is 6.85. The molecule has 0 bridgehead atoms. The fraction of sp³-hybridized carbons (Fsp3) is 0.227. The number of carbonyl (C=O) groups excluding carboxylic acids is 1. The molecule has 0 aliphatic heterocycles. The Balaban J connectivity index is 1.81. The summed E-state index contributed by atoms with van der Waals surface area (Å²) in [6, 6.07) is 17.6. The molecular formula is C22H22ClFN2O2. The Morgan fingerprint density at radius 2 is 1.96 bits per heavy atom. The highest BCUT2D eigenvalue weighted by molar-refractivity contribution is 6.30. The number of halogens is 2. The number of benzene rings is 2. The third kappa shape index (κ3) is 5.00. The van der Waals surface area contributed by atoms with E-state index < -0.39 is 5.82 Å². The summed E-state index contributed by atoms with van der Waals surface area (Å²) in [4.78, 5) is 14.5. The number of nitrogens with zero attached hydrogens (tertiary/aromatic N) is 2. The Bertz CT molecular complexity index is 942. The molecule has 0 atom stereocenters. The first-order valence-corrected chi connectivity index (χ1v) is 9.37. The van der Waals surface area contributed by atoms with Gasteiger partial charge in [0.1, 0.15) is 5.82 Å². The average Bonchev–Trinajstić information content (AvgIpc) is 3.11. The summed E-state index contributed by atoms with van der Waals surface area (Å²) in [5, 5.41) is 0.683. The van der Waals surface area contributed by atoms with Gasteiger partial charge in [-0.15, -0.1) is 0 Å². The Morgan fingerprint density at radius 3 is 2.71 bits per heavy atom. The van der Waals surface area contributed by atoms with Crippen LogP contribution in [-0.4, -0.2) is 35.6 Å². The third-order valence-corrected chi connectivity index (χ3v) is 4.71. The van der Waals surface area contributed by atoms with E-state index in [0.717, 1.165) is 11.3 Å². The maximum absolute atomic E-state index is 14.1. The van der Waals surface area contributed by atoms with Gasteiger partial charge < -0.3 is 14.2 Å². The first-order valence-electron chi connectivity index (χ1n) is 8.99. The lowest BCUT2D eigenvalue weighted by Crippen LogP contribution is -2.34. The van der Waals surface area contributed by atoms with E-state index in [9.17, 15) is 9.18 Å². The molecule has 0 aliphatic rings. The Hall–Kier alpha value is -2.63. The van der Waals surface area contributed by atoms with E-state index in [1.54, 1.807) is 24.1 Å². The van der Waals surface area contributed by atoms with Gasteiger partial charge in [0.05, 0.1) is 18.7 Å². The molecule has 0 unspecified atom stereocenters. The van der Waals surface area contributed by atoms with Crippen molar-refractivity contribution >= 4 is 17.5 Å². The number of hydrogen-bond donors (Lipinski definition) is 0. The van der Waals surface area contributed by atoms with Crippen LogP contribution in [0.25, 0.3) is 0 Å². The molecule has 1 aromatic heterocycles. The molecule has 2 aromatic carbocycles. The highest BCUT2D eigenvalue weighted by Gasteiger charge is 2.20. The summed E-state index contributed by atoms with van der Waals surface area (Å²) < 4.78 is 21.3. The molecule has 0 fully saturated rings. The first-order chi connectivity index (χ1) is 13.6. The van der Waals surface area contributed by atoms with Gasteiger partial charge in [-0.3, -0.25) is 4.79 Å². The van der Waals surface area contributed by atoms with Crippen LogP contribution in [-0.2, 0) is 17.8 Å². The second-order valence-electron chi connectivity index (χ2n) is 6.46. The average molecular weight is 401 g/mol. The quantitative estimate of drug-likeness (QED) is 0.553. The van der Waals surface area contributed by atoms with E-state index in [2.05, 4.69) is 4.57 Å². The molecule has 3 aromatic rings. The number of amides is 1. The van der Waals surface area contributed by atoms with Crippen LogP contribution in [0.15, 0.2) is 66.9 Å². The van der Waals surface area contributed by atoms with E-state index in [4.69, 9.17) is 16.3 Å². The fourth-order valence-electron chi connectivity index (χ4n) is 3.03. The Morgan fingerprint density at radius 1 is 1.14 bits per heavy atom. The van der Waals surface area contributed by atoms with Gasteiger partial charge in [0.15, 0.2) is 0 Å². The van der Waals surface area contributed by atoms with Crippen molar-refractivity contribution in [2.45, 2.75) is 13.1 Å². The van der Waals surface area contributed by atoms with Crippen molar-refractivity contribution in [2.24, 2.45) is 0 Å². The summed E-state index contributed by atoms with van der Waals surface area (Å²) in [7, 11) is 1.58. The van der Waals surface area contributed by atoms with Crippen molar-refractivity contribution in [1.82, 2.24) is 9.47 Å². The standard InChI is InChI=1S/C22H22ClFN2O2/c1-28-13-12-26(22(27)20-9-2-3-10-21(20)24)16-19-8-5-11-25(19)15-17-6-4-7-18(23)14-17/h2-11,14H,12-13,15-16H2,1H3. The van der Waals surface area contributed by atoms with Crippen LogP contribution in [0.1, 0.15) is 21.6 Å². The van der Waals surface area contributed by atoms with E-state index in [-0.39, 0.29) is 11.5 Å². The van der Waals surface area contributed by atoms with E-state index in [1.807, 2.05) is 42.6 Å². The normalized spacial score (nSPS) is 10.8. The third-order valence-electron chi connectivity index (χ3n) is 4.48. The molecule has 1 heterocycles. The zero-order valence-electron chi connectivity index (χ0n) is 15.6. The summed E-state index contributed by atoms with van der Waals surface area (Å²) >= 11 is 6.08. The van der Waals surface area contributed by atoms with Crippen LogP contribution in [0.4, 0.5) is 4.39 Å². The van der Waals surface area contributed by atoms with E-state index >= 15 is 0 Å². The van der Waals surface area contributed by atoms with Gasteiger partial charge in [-0.2, -0.15) is 0 Å². The van der Waals surface area contributed by atoms with Crippen molar-refractivity contribution in [1.29, 1.82) is 0 Å². The van der Waals surface area contributed by atoms with Gasteiger partial charge in [-0.25, -0.2) is 4.39 Å². The lowest BCUT2D eigenvalue weighted by atomic mass is 10.1. The molecular weight excluding hydrogens is 379 g/mol. The second-order valence-corrected chi connectivity index (χ2v) is 6.89. The van der Waals surface area contributed by atoms with Crippen LogP contribution in [0, 0.1) is 5.82 Å². The van der Waals surface area contributed by atoms with Gasteiger partial charge >= 0.3 is 0 Å². The molecule has 0 saturated heterocycles.